The van der Waals surface area contributed by atoms with Gasteiger partial charge in [-0.2, -0.15) is 0 Å². The number of ether oxygens (including phenoxy) is 2. The zero-order valence-electron chi connectivity index (χ0n) is 9.17. The van der Waals surface area contributed by atoms with Crippen molar-refractivity contribution in [2.24, 2.45) is 0 Å². The standard InChI is InChI=1S/C11H11ClO4/c1-6-4-7(12)5-8(10(13)15-2)9(6)11(14)16-3/h4-5H,1-3H3. The number of hydrogen-bond donors (Lipinski definition) is 0. The highest BCUT2D eigenvalue weighted by Gasteiger charge is 2.21. The molecule has 1 aromatic rings. The van der Waals surface area contributed by atoms with E-state index in [4.69, 9.17) is 11.6 Å². The first-order valence-corrected chi connectivity index (χ1v) is 4.85. The van der Waals surface area contributed by atoms with E-state index in [1.54, 1.807) is 13.0 Å². The van der Waals surface area contributed by atoms with Crippen LogP contribution in [-0.2, 0) is 9.47 Å². The Morgan fingerprint density at radius 3 is 2.19 bits per heavy atom. The highest BCUT2D eigenvalue weighted by Crippen LogP contribution is 2.22. The number of benzene rings is 1. The van der Waals surface area contributed by atoms with Crippen LogP contribution in [0.5, 0.6) is 0 Å². The number of carbonyl (C=O) groups excluding carboxylic acids is 2. The van der Waals surface area contributed by atoms with Crippen molar-refractivity contribution in [3.8, 4) is 0 Å². The first-order chi connectivity index (χ1) is 7.51. The molecule has 0 aliphatic heterocycles. The van der Waals surface area contributed by atoms with Crippen LogP contribution >= 0.6 is 11.6 Å². The van der Waals surface area contributed by atoms with Crippen molar-refractivity contribution in [3.05, 3.63) is 33.8 Å². The summed E-state index contributed by atoms with van der Waals surface area (Å²) in [5.41, 5.74) is 0.859. The van der Waals surface area contributed by atoms with Crippen LogP contribution in [0.3, 0.4) is 0 Å². The lowest BCUT2D eigenvalue weighted by Crippen LogP contribution is -2.13. The van der Waals surface area contributed by atoms with E-state index < -0.39 is 11.9 Å². The average molecular weight is 243 g/mol. The van der Waals surface area contributed by atoms with Crippen LogP contribution in [0.15, 0.2) is 12.1 Å². The summed E-state index contributed by atoms with van der Waals surface area (Å²) in [5, 5.41) is 0.366. The van der Waals surface area contributed by atoms with Crippen molar-refractivity contribution in [2.45, 2.75) is 6.92 Å². The van der Waals surface area contributed by atoms with Crippen LogP contribution in [0.4, 0.5) is 0 Å². The molecule has 0 radical (unpaired) electrons. The molecule has 0 bridgehead atoms. The molecule has 0 heterocycles. The fraction of sp³-hybridized carbons (Fsp3) is 0.273. The maximum atomic E-state index is 11.5. The van der Waals surface area contributed by atoms with Gasteiger partial charge in [0.05, 0.1) is 25.3 Å². The second-order valence-corrected chi connectivity index (χ2v) is 3.56. The zero-order valence-corrected chi connectivity index (χ0v) is 9.92. The van der Waals surface area contributed by atoms with E-state index in [2.05, 4.69) is 9.47 Å². The maximum Gasteiger partial charge on any atom is 0.339 e. The second-order valence-electron chi connectivity index (χ2n) is 3.13. The van der Waals surface area contributed by atoms with Gasteiger partial charge in [-0.05, 0) is 24.6 Å². The molecule has 0 aliphatic carbocycles. The number of methoxy groups -OCH3 is 2. The van der Waals surface area contributed by atoms with Crippen molar-refractivity contribution < 1.29 is 19.1 Å². The Labute approximate surface area is 98.1 Å². The van der Waals surface area contributed by atoms with Crippen molar-refractivity contribution in [1.29, 1.82) is 0 Å². The molecule has 0 aliphatic rings. The van der Waals surface area contributed by atoms with Crippen LogP contribution < -0.4 is 0 Å². The average Bonchev–Trinajstić information content (AvgIpc) is 2.26. The van der Waals surface area contributed by atoms with Gasteiger partial charge < -0.3 is 9.47 Å². The van der Waals surface area contributed by atoms with Crippen LogP contribution in [0.25, 0.3) is 0 Å². The van der Waals surface area contributed by atoms with E-state index in [1.165, 1.54) is 20.3 Å². The molecule has 86 valence electrons. The molecular weight excluding hydrogens is 232 g/mol. The molecule has 0 fully saturated rings. The molecule has 4 nitrogen and oxygen atoms in total. The van der Waals surface area contributed by atoms with Crippen LogP contribution in [0.2, 0.25) is 5.02 Å². The third kappa shape index (κ3) is 2.33. The highest BCUT2D eigenvalue weighted by atomic mass is 35.5. The topological polar surface area (TPSA) is 52.6 Å². The Morgan fingerprint density at radius 1 is 1.12 bits per heavy atom. The Balaban J connectivity index is 3.44. The number of hydrogen-bond acceptors (Lipinski definition) is 4. The molecule has 0 N–H and O–H groups in total. The van der Waals surface area contributed by atoms with E-state index in [-0.39, 0.29) is 11.1 Å². The number of aryl methyl sites for hydroxylation is 1. The van der Waals surface area contributed by atoms with Crippen molar-refractivity contribution in [2.75, 3.05) is 14.2 Å². The predicted octanol–water partition coefficient (Wildman–Crippen LogP) is 2.22. The predicted molar refractivity (Wildman–Crippen MR) is 58.9 cm³/mol. The second kappa shape index (κ2) is 4.99. The quantitative estimate of drug-likeness (QED) is 0.747. The largest absolute Gasteiger partial charge is 0.465 e. The maximum absolute atomic E-state index is 11.5. The molecule has 0 saturated heterocycles. The normalized spacial score (nSPS) is 9.75. The van der Waals surface area contributed by atoms with Gasteiger partial charge in [-0.25, -0.2) is 9.59 Å². The molecular formula is C11H11ClO4. The third-order valence-corrected chi connectivity index (χ3v) is 2.31. The summed E-state index contributed by atoms with van der Waals surface area (Å²) in [6.07, 6.45) is 0. The molecule has 16 heavy (non-hydrogen) atoms. The molecule has 1 rings (SSSR count). The Kier molecular flexibility index (Phi) is 3.90. The molecule has 0 unspecified atom stereocenters. The molecule has 0 amide bonds. The van der Waals surface area contributed by atoms with Crippen LogP contribution in [0.1, 0.15) is 26.3 Å². The van der Waals surface area contributed by atoms with Gasteiger partial charge in [-0.1, -0.05) is 11.6 Å². The smallest absolute Gasteiger partial charge is 0.339 e. The van der Waals surface area contributed by atoms with E-state index >= 15 is 0 Å². The summed E-state index contributed by atoms with van der Waals surface area (Å²) in [4.78, 5) is 23.0. The number of halogens is 1. The first-order valence-electron chi connectivity index (χ1n) is 4.48. The number of rotatable bonds is 2. The monoisotopic (exact) mass is 242 g/mol. The summed E-state index contributed by atoms with van der Waals surface area (Å²) < 4.78 is 9.18. The Bertz CT molecular complexity index is 440. The minimum atomic E-state index is -0.619. The van der Waals surface area contributed by atoms with E-state index in [1.807, 2.05) is 0 Å². The van der Waals surface area contributed by atoms with Crippen molar-refractivity contribution in [1.82, 2.24) is 0 Å². The Morgan fingerprint density at radius 2 is 1.69 bits per heavy atom. The van der Waals surface area contributed by atoms with Gasteiger partial charge in [-0.15, -0.1) is 0 Å². The minimum absolute atomic E-state index is 0.111. The van der Waals surface area contributed by atoms with E-state index in [9.17, 15) is 9.59 Å². The highest BCUT2D eigenvalue weighted by molar-refractivity contribution is 6.31. The molecule has 0 aromatic heterocycles. The van der Waals surface area contributed by atoms with Gasteiger partial charge in [0.1, 0.15) is 0 Å². The summed E-state index contributed by atoms with van der Waals surface area (Å²) in [7, 11) is 2.48. The van der Waals surface area contributed by atoms with Crippen molar-refractivity contribution in [3.63, 3.8) is 0 Å². The lowest BCUT2D eigenvalue weighted by atomic mass is 10.0. The van der Waals surface area contributed by atoms with Gasteiger partial charge in [-0.3, -0.25) is 0 Å². The molecule has 0 atom stereocenters. The molecule has 1 aromatic carbocycles. The van der Waals surface area contributed by atoms with E-state index in [0.717, 1.165) is 0 Å². The number of esters is 2. The lowest BCUT2D eigenvalue weighted by molar-refractivity contribution is 0.0554. The molecule has 0 saturated carbocycles. The van der Waals surface area contributed by atoms with Gasteiger partial charge >= 0.3 is 11.9 Å². The lowest BCUT2D eigenvalue weighted by Gasteiger charge is -2.09. The van der Waals surface area contributed by atoms with Crippen LogP contribution in [0, 0.1) is 6.92 Å². The SMILES string of the molecule is COC(=O)c1cc(Cl)cc(C)c1C(=O)OC. The zero-order chi connectivity index (χ0) is 12.3. The summed E-state index contributed by atoms with van der Waals surface area (Å²) >= 11 is 5.81. The van der Waals surface area contributed by atoms with Crippen LogP contribution in [-0.4, -0.2) is 26.2 Å². The summed E-state index contributed by atoms with van der Waals surface area (Å²) in [6, 6.07) is 2.97. The van der Waals surface area contributed by atoms with Crippen molar-refractivity contribution >= 4 is 23.5 Å². The summed E-state index contributed by atoms with van der Waals surface area (Å²) in [5.74, 6) is -1.21. The molecule has 5 heteroatoms. The molecule has 0 spiro atoms. The Hall–Kier alpha value is -1.55. The number of carbonyl (C=O) groups is 2. The van der Waals surface area contributed by atoms with Gasteiger partial charge in [0, 0.05) is 5.02 Å². The van der Waals surface area contributed by atoms with Gasteiger partial charge in [0.2, 0.25) is 0 Å². The van der Waals surface area contributed by atoms with Gasteiger partial charge in [0.15, 0.2) is 0 Å². The fourth-order valence-corrected chi connectivity index (χ4v) is 1.66. The fourth-order valence-electron chi connectivity index (χ4n) is 1.39. The van der Waals surface area contributed by atoms with Gasteiger partial charge in [0.25, 0.3) is 0 Å². The summed E-state index contributed by atoms with van der Waals surface area (Å²) in [6.45, 7) is 1.67. The first kappa shape index (κ1) is 12.5. The van der Waals surface area contributed by atoms with E-state index in [0.29, 0.717) is 10.6 Å². The third-order valence-electron chi connectivity index (χ3n) is 2.10. The minimum Gasteiger partial charge on any atom is -0.465 e.